The molecule has 1 aromatic carbocycles. The van der Waals surface area contributed by atoms with Crippen molar-refractivity contribution in [1.29, 1.82) is 0 Å². The Balaban J connectivity index is 1.74. The Morgan fingerprint density at radius 3 is 3.05 bits per heavy atom. The fourth-order valence-electron chi connectivity index (χ4n) is 2.82. The normalized spacial score (nSPS) is 18.2. The molecular weight excluding hydrogens is 288 g/mol. The van der Waals surface area contributed by atoms with Gasteiger partial charge in [-0.3, -0.25) is 4.79 Å². The molecule has 1 amide bonds. The molecule has 1 aliphatic rings. The van der Waals surface area contributed by atoms with Gasteiger partial charge in [0.2, 0.25) is 5.91 Å². The quantitative estimate of drug-likeness (QED) is 0.871. The van der Waals surface area contributed by atoms with Crippen LogP contribution in [0.2, 0.25) is 5.02 Å². The molecule has 3 rings (SSSR count). The molecule has 5 heteroatoms. The van der Waals surface area contributed by atoms with E-state index in [1.165, 1.54) is 0 Å². The lowest BCUT2D eigenvalue weighted by Crippen LogP contribution is -2.31. The average molecular weight is 305 g/mol. The Hall–Kier alpha value is -1.81. The van der Waals surface area contributed by atoms with E-state index in [4.69, 9.17) is 16.1 Å². The summed E-state index contributed by atoms with van der Waals surface area (Å²) in [5, 5.41) is 4.58. The van der Waals surface area contributed by atoms with Crippen molar-refractivity contribution in [3.63, 3.8) is 0 Å². The van der Waals surface area contributed by atoms with E-state index in [-0.39, 0.29) is 11.9 Å². The van der Waals surface area contributed by atoms with E-state index in [1.54, 1.807) is 0 Å². The second-order valence-corrected chi connectivity index (χ2v) is 5.86. The van der Waals surface area contributed by atoms with Crippen molar-refractivity contribution >= 4 is 17.5 Å². The zero-order valence-electron chi connectivity index (χ0n) is 11.9. The number of likely N-dealkylation sites (tertiary alicyclic amines) is 1. The van der Waals surface area contributed by atoms with E-state index in [0.29, 0.717) is 11.4 Å². The summed E-state index contributed by atoms with van der Waals surface area (Å²) in [6, 6.07) is 9.36. The maximum Gasteiger partial charge on any atom is 0.227 e. The van der Waals surface area contributed by atoms with Gasteiger partial charge in [-0.05, 0) is 37.5 Å². The van der Waals surface area contributed by atoms with Crippen LogP contribution in [-0.4, -0.2) is 22.5 Å². The third kappa shape index (κ3) is 3.10. The summed E-state index contributed by atoms with van der Waals surface area (Å²) in [7, 11) is 0. The predicted molar refractivity (Wildman–Crippen MR) is 80.1 cm³/mol. The molecule has 21 heavy (non-hydrogen) atoms. The highest BCUT2D eigenvalue weighted by Crippen LogP contribution is 2.32. The first-order valence-corrected chi connectivity index (χ1v) is 7.48. The maximum absolute atomic E-state index is 12.5. The molecule has 1 atom stereocenters. The molecule has 2 heterocycles. The van der Waals surface area contributed by atoms with Crippen molar-refractivity contribution in [3.05, 3.63) is 52.4 Å². The molecule has 110 valence electrons. The van der Waals surface area contributed by atoms with Gasteiger partial charge in [0.1, 0.15) is 0 Å². The van der Waals surface area contributed by atoms with Crippen molar-refractivity contribution in [2.75, 3.05) is 6.54 Å². The number of halogens is 1. The number of hydrogen-bond acceptors (Lipinski definition) is 3. The van der Waals surface area contributed by atoms with Gasteiger partial charge in [0.25, 0.3) is 0 Å². The van der Waals surface area contributed by atoms with E-state index < -0.39 is 0 Å². The summed E-state index contributed by atoms with van der Waals surface area (Å²) in [4.78, 5) is 14.4. The summed E-state index contributed by atoms with van der Waals surface area (Å²) in [5.41, 5.74) is 1.78. The zero-order valence-corrected chi connectivity index (χ0v) is 12.6. The number of carbonyl (C=O) groups excluding carboxylic acids is 1. The first-order valence-electron chi connectivity index (χ1n) is 7.10. The highest BCUT2D eigenvalue weighted by molar-refractivity contribution is 6.30. The molecule has 1 saturated heterocycles. The largest absolute Gasteiger partial charge is 0.359 e. The van der Waals surface area contributed by atoms with Gasteiger partial charge in [0, 0.05) is 17.6 Å². The SMILES string of the molecule is Cc1cc([C@@H]2CCCN2C(=O)Cc2cccc(Cl)c2)on1. The second kappa shape index (κ2) is 5.90. The summed E-state index contributed by atoms with van der Waals surface area (Å²) in [5.74, 6) is 0.887. The van der Waals surface area contributed by atoms with E-state index in [9.17, 15) is 4.79 Å². The van der Waals surface area contributed by atoms with Crippen molar-refractivity contribution in [1.82, 2.24) is 10.1 Å². The number of carbonyl (C=O) groups is 1. The van der Waals surface area contributed by atoms with E-state index in [1.807, 2.05) is 42.2 Å². The Morgan fingerprint density at radius 1 is 1.48 bits per heavy atom. The third-order valence-corrected chi connectivity index (χ3v) is 4.03. The van der Waals surface area contributed by atoms with Crippen molar-refractivity contribution < 1.29 is 9.32 Å². The summed E-state index contributed by atoms with van der Waals surface area (Å²) < 4.78 is 5.33. The number of nitrogens with zero attached hydrogens (tertiary/aromatic N) is 2. The lowest BCUT2D eigenvalue weighted by Gasteiger charge is -2.22. The highest BCUT2D eigenvalue weighted by atomic mass is 35.5. The summed E-state index contributed by atoms with van der Waals surface area (Å²) in [6.45, 7) is 2.66. The standard InChI is InChI=1S/C16H17ClN2O2/c1-11-8-15(21-18-11)14-6-3-7-19(14)16(20)10-12-4-2-5-13(17)9-12/h2,4-5,8-9,14H,3,6-7,10H2,1H3/t14-/m0/s1. The van der Waals surface area contributed by atoms with E-state index in [0.717, 1.165) is 36.4 Å². The molecule has 1 aliphatic heterocycles. The average Bonchev–Trinajstić information content (AvgIpc) is 3.06. The molecule has 0 unspecified atom stereocenters. The second-order valence-electron chi connectivity index (χ2n) is 5.42. The Labute approximate surface area is 128 Å². The van der Waals surface area contributed by atoms with Crippen LogP contribution in [0.5, 0.6) is 0 Å². The van der Waals surface area contributed by atoms with Crippen molar-refractivity contribution in [3.8, 4) is 0 Å². The Bertz CT molecular complexity index is 653. The van der Waals surface area contributed by atoms with Gasteiger partial charge in [-0.25, -0.2) is 0 Å². The molecule has 0 radical (unpaired) electrons. The smallest absolute Gasteiger partial charge is 0.227 e. The first-order chi connectivity index (χ1) is 10.1. The number of aromatic nitrogens is 1. The number of hydrogen-bond donors (Lipinski definition) is 0. The molecule has 0 aliphatic carbocycles. The molecule has 2 aromatic rings. The molecule has 0 saturated carbocycles. The van der Waals surface area contributed by atoms with Crippen molar-refractivity contribution in [2.24, 2.45) is 0 Å². The van der Waals surface area contributed by atoms with Crippen LogP contribution in [0.15, 0.2) is 34.9 Å². The van der Waals surface area contributed by atoms with Crippen LogP contribution in [0.3, 0.4) is 0 Å². The highest BCUT2D eigenvalue weighted by Gasteiger charge is 2.32. The minimum absolute atomic E-state index is 0.0119. The fourth-order valence-corrected chi connectivity index (χ4v) is 3.04. The number of benzene rings is 1. The minimum Gasteiger partial charge on any atom is -0.359 e. The lowest BCUT2D eigenvalue weighted by atomic mass is 10.1. The lowest BCUT2D eigenvalue weighted by molar-refractivity contribution is -0.131. The van der Waals surface area contributed by atoms with Crippen LogP contribution in [0.4, 0.5) is 0 Å². The Morgan fingerprint density at radius 2 is 2.33 bits per heavy atom. The number of aryl methyl sites for hydroxylation is 1. The van der Waals surface area contributed by atoms with Crippen LogP contribution >= 0.6 is 11.6 Å². The van der Waals surface area contributed by atoms with Crippen LogP contribution in [0, 0.1) is 6.92 Å². The van der Waals surface area contributed by atoms with Crippen LogP contribution in [0.1, 0.15) is 35.9 Å². The van der Waals surface area contributed by atoms with Gasteiger partial charge < -0.3 is 9.42 Å². The third-order valence-electron chi connectivity index (χ3n) is 3.79. The minimum atomic E-state index is 0.0119. The Kier molecular flexibility index (Phi) is 3.97. The summed E-state index contributed by atoms with van der Waals surface area (Å²) >= 11 is 5.97. The van der Waals surface area contributed by atoms with Gasteiger partial charge in [-0.2, -0.15) is 0 Å². The van der Waals surface area contributed by atoms with Gasteiger partial charge >= 0.3 is 0 Å². The molecule has 4 nitrogen and oxygen atoms in total. The number of amides is 1. The van der Waals surface area contributed by atoms with Crippen LogP contribution < -0.4 is 0 Å². The first kappa shape index (κ1) is 14.1. The molecular formula is C16H17ClN2O2. The van der Waals surface area contributed by atoms with Crippen LogP contribution in [-0.2, 0) is 11.2 Å². The van der Waals surface area contributed by atoms with Crippen molar-refractivity contribution in [2.45, 2.75) is 32.2 Å². The maximum atomic E-state index is 12.5. The van der Waals surface area contributed by atoms with E-state index >= 15 is 0 Å². The number of rotatable bonds is 3. The van der Waals surface area contributed by atoms with Gasteiger partial charge in [0.15, 0.2) is 5.76 Å². The fraction of sp³-hybridized carbons (Fsp3) is 0.375. The predicted octanol–water partition coefficient (Wildman–Crippen LogP) is 3.54. The monoisotopic (exact) mass is 304 g/mol. The van der Waals surface area contributed by atoms with Gasteiger partial charge in [0.05, 0.1) is 18.2 Å². The summed E-state index contributed by atoms with van der Waals surface area (Å²) in [6.07, 6.45) is 2.28. The molecule has 0 spiro atoms. The van der Waals surface area contributed by atoms with Crippen LogP contribution in [0.25, 0.3) is 0 Å². The van der Waals surface area contributed by atoms with Gasteiger partial charge in [-0.15, -0.1) is 0 Å². The topological polar surface area (TPSA) is 46.3 Å². The molecule has 0 bridgehead atoms. The molecule has 1 aromatic heterocycles. The zero-order chi connectivity index (χ0) is 14.8. The van der Waals surface area contributed by atoms with E-state index in [2.05, 4.69) is 5.16 Å². The molecule has 1 fully saturated rings. The van der Waals surface area contributed by atoms with Gasteiger partial charge in [-0.1, -0.05) is 28.9 Å². The molecule has 0 N–H and O–H groups in total.